The van der Waals surface area contributed by atoms with Crippen LogP contribution in [0, 0.1) is 0 Å². The van der Waals surface area contributed by atoms with Crippen LogP contribution in [0.4, 0.5) is 0 Å². The third-order valence-electron chi connectivity index (χ3n) is 0.975. The Hall–Kier alpha value is -0.320. The number of ether oxygens (including phenoxy) is 2. The van der Waals surface area contributed by atoms with Crippen molar-refractivity contribution < 1.29 is 9.47 Å². The summed E-state index contributed by atoms with van der Waals surface area (Å²) >= 11 is 5.12. The summed E-state index contributed by atoms with van der Waals surface area (Å²) in [5.41, 5.74) is 5.36. The summed E-state index contributed by atoms with van der Waals surface area (Å²) in [6.07, 6.45) is -0.609. The summed E-state index contributed by atoms with van der Waals surface area (Å²) in [5.74, 6) is 0.148. The van der Waals surface area contributed by atoms with E-state index in [0.717, 1.165) is 0 Å². The zero-order valence-corrected chi connectivity index (χ0v) is 7.47. The van der Waals surface area contributed by atoms with E-state index in [1.165, 1.54) is 0 Å². The number of hydrogen-bond donors (Lipinski definition) is 1. The summed E-state index contributed by atoms with van der Waals surface area (Å²) in [6.45, 7) is 4.70. The molecule has 0 aliphatic rings. The first-order chi connectivity index (χ1) is 5.26. The Kier molecular flexibility index (Phi) is 6.21. The third kappa shape index (κ3) is 4.19. The maximum absolute atomic E-state index is 5.36. The van der Waals surface area contributed by atoms with Crippen LogP contribution in [0.3, 0.4) is 0 Å². The third-order valence-corrected chi connectivity index (χ3v) is 1.17. The minimum atomic E-state index is -0.609. The fourth-order valence-corrected chi connectivity index (χ4v) is 0.641. The van der Waals surface area contributed by atoms with Crippen molar-refractivity contribution in [2.24, 2.45) is 10.2 Å². The van der Waals surface area contributed by atoms with Crippen LogP contribution in [0.25, 0.3) is 0 Å². The van der Waals surface area contributed by atoms with Gasteiger partial charge < -0.3 is 15.2 Å². The molecule has 0 saturated carbocycles. The molecule has 0 spiro atoms. The molecule has 2 N–H and O–H groups in total. The summed E-state index contributed by atoms with van der Waals surface area (Å²) in [6, 6.07) is 0. The number of nitrogens with zero attached hydrogens (tertiary/aromatic N) is 1. The maximum atomic E-state index is 5.36. The van der Waals surface area contributed by atoms with E-state index in [9.17, 15) is 0 Å². The number of rotatable bonds is 5. The van der Waals surface area contributed by atoms with Crippen LogP contribution in [-0.4, -0.2) is 25.3 Å². The Morgan fingerprint density at radius 3 is 2.18 bits per heavy atom. The molecule has 0 aromatic rings. The lowest BCUT2D eigenvalue weighted by Crippen LogP contribution is -2.33. The van der Waals surface area contributed by atoms with Gasteiger partial charge in [-0.3, -0.25) is 0 Å². The van der Waals surface area contributed by atoms with Gasteiger partial charge in [-0.2, -0.15) is 4.51 Å². The average Bonchev–Trinajstić information content (AvgIpc) is 2.03. The van der Waals surface area contributed by atoms with Crippen molar-refractivity contribution in [3.63, 3.8) is 0 Å². The van der Waals surface area contributed by atoms with Gasteiger partial charge in [-0.1, -0.05) is 0 Å². The van der Waals surface area contributed by atoms with Crippen molar-refractivity contribution in [2.75, 3.05) is 13.2 Å². The van der Waals surface area contributed by atoms with Gasteiger partial charge in [0.15, 0.2) is 5.84 Å². The fraction of sp³-hybridized carbons (Fsp3) is 0.833. The first-order valence-corrected chi connectivity index (χ1v) is 3.77. The summed E-state index contributed by atoms with van der Waals surface area (Å²) in [5, 5.41) is 0. The fourth-order valence-electron chi connectivity index (χ4n) is 0.561. The normalized spacial score (nSPS) is 12.5. The van der Waals surface area contributed by atoms with Crippen LogP contribution in [-0.2, 0) is 9.47 Å². The van der Waals surface area contributed by atoms with Crippen molar-refractivity contribution in [1.82, 2.24) is 0 Å². The van der Waals surface area contributed by atoms with Crippen molar-refractivity contribution in [3.8, 4) is 0 Å². The van der Waals surface area contributed by atoms with E-state index in [0.29, 0.717) is 13.2 Å². The lowest BCUT2D eigenvalue weighted by Gasteiger charge is -2.14. The van der Waals surface area contributed by atoms with Gasteiger partial charge in [0, 0.05) is 25.0 Å². The molecule has 4 nitrogen and oxygen atoms in total. The van der Waals surface area contributed by atoms with Gasteiger partial charge in [-0.25, -0.2) is 0 Å². The van der Waals surface area contributed by atoms with Gasteiger partial charge in [0.1, 0.15) is 0 Å². The second kappa shape index (κ2) is 6.39. The maximum Gasteiger partial charge on any atom is 0.217 e. The molecule has 0 radical (unpaired) electrons. The highest BCUT2D eigenvalue weighted by Crippen LogP contribution is 1.96. The van der Waals surface area contributed by atoms with Crippen molar-refractivity contribution in [1.29, 1.82) is 0 Å². The Morgan fingerprint density at radius 1 is 1.45 bits per heavy atom. The Bertz CT molecular complexity index is 124. The van der Waals surface area contributed by atoms with E-state index in [1.807, 2.05) is 13.8 Å². The van der Waals surface area contributed by atoms with E-state index in [2.05, 4.69) is 4.51 Å². The van der Waals surface area contributed by atoms with Crippen molar-refractivity contribution in [2.45, 2.75) is 20.1 Å². The Morgan fingerprint density at radius 2 is 1.91 bits per heavy atom. The first kappa shape index (κ1) is 10.7. The number of nitrogens with two attached hydrogens (primary N) is 1. The van der Waals surface area contributed by atoms with Crippen LogP contribution in [0.5, 0.6) is 0 Å². The van der Waals surface area contributed by atoms with E-state index >= 15 is 0 Å². The smallest absolute Gasteiger partial charge is 0.217 e. The zero-order valence-electron chi connectivity index (χ0n) is 6.71. The van der Waals surface area contributed by atoms with Crippen LogP contribution in [0.15, 0.2) is 4.51 Å². The molecule has 0 fully saturated rings. The number of amidine groups is 1. The molecule has 0 aromatic carbocycles. The van der Waals surface area contributed by atoms with Crippen molar-refractivity contribution >= 4 is 17.6 Å². The van der Waals surface area contributed by atoms with E-state index in [4.69, 9.17) is 27.0 Å². The van der Waals surface area contributed by atoms with Crippen LogP contribution in [0.1, 0.15) is 13.8 Å². The topological polar surface area (TPSA) is 56.8 Å². The molecule has 0 saturated heterocycles. The zero-order chi connectivity index (χ0) is 8.69. The highest BCUT2D eigenvalue weighted by Gasteiger charge is 2.11. The van der Waals surface area contributed by atoms with Crippen LogP contribution >= 0.6 is 11.8 Å². The second-order valence-corrected chi connectivity index (χ2v) is 1.92. The van der Waals surface area contributed by atoms with E-state index in [-0.39, 0.29) is 5.84 Å². The van der Waals surface area contributed by atoms with E-state index < -0.39 is 6.29 Å². The first-order valence-electron chi connectivity index (χ1n) is 3.43. The molecule has 0 unspecified atom stereocenters. The lowest BCUT2D eigenvalue weighted by atomic mass is 10.6. The van der Waals surface area contributed by atoms with E-state index in [1.54, 1.807) is 0 Å². The van der Waals surface area contributed by atoms with Gasteiger partial charge >= 0.3 is 0 Å². The second-order valence-electron chi connectivity index (χ2n) is 1.75. The molecule has 5 heteroatoms. The highest BCUT2D eigenvalue weighted by atomic mass is 35.5. The predicted molar refractivity (Wildman–Crippen MR) is 44.5 cm³/mol. The summed E-state index contributed by atoms with van der Waals surface area (Å²) in [4.78, 5) is 0. The molecule has 0 rings (SSSR count). The van der Waals surface area contributed by atoms with Crippen LogP contribution in [0.2, 0.25) is 0 Å². The van der Waals surface area contributed by atoms with Gasteiger partial charge in [-0.15, -0.1) is 0 Å². The molecule has 0 bridgehead atoms. The van der Waals surface area contributed by atoms with Gasteiger partial charge in [-0.05, 0) is 13.8 Å². The molecule has 0 atom stereocenters. The average molecular weight is 181 g/mol. The largest absolute Gasteiger partial charge is 0.382 e. The minimum Gasteiger partial charge on any atom is -0.382 e. The summed E-state index contributed by atoms with van der Waals surface area (Å²) < 4.78 is 13.4. The number of hydrogen-bond acceptors (Lipinski definition) is 3. The molecule has 0 aliphatic heterocycles. The lowest BCUT2D eigenvalue weighted by molar-refractivity contribution is -0.0905. The molecule has 66 valence electrons. The Labute approximate surface area is 71.4 Å². The molecular weight excluding hydrogens is 168 g/mol. The predicted octanol–water partition coefficient (Wildman–Crippen LogP) is 0.896. The van der Waals surface area contributed by atoms with Gasteiger partial charge in [0.25, 0.3) is 0 Å². The molecule has 11 heavy (non-hydrogen) atoms. The quantitative estimate of drug-likeness (QED) is 0.389. The Balaban J connectivity index is 3.87. The summed E-state index contributed by atoms with van der Waals surface area (Å²) in [7, 11) is 0. The van der Waals surface area contributed by atoms with Crippen LogP contribution < -0.4 is 5.73 Å². The van der Waals surface area contributed by atoms with Gasteiger partial charge in [0.2, 0.25) is 6.29 Å². The monoisotopic (exact) mass is 180 g/mol. The highest BCUT2D eigenvalue weighted by molar-refractivity contribution is 6.19. The van der Waals surface area contributed by atoms with Crippen molar-refractivity contribution in [3.05, 3.63) is 0 Å². The molecular formula is C6H13ClN2O2. The molecule has 0 aliphatic carbocycles. The SMILES string of the molecule is CCOC(OCC)/C(N)=N/Cl. The van der Waals surface area contributed by atoms with Gasteiger partial charge in [0.05, 0.1) is 0 Å². The number of halogens is 1. The standard InChI is InChI=1S/C6H13ClN2O2/c1-3-10-6(11-4-2)5(8)9-7/h6H,3-4H2,1-2H3,(H2,8,9). The molecule has 0 aromatic heterocycles. The molecule has 0 amide bonds. The minimum absolute atomic E-state index is 0.148. The molecule has 0 heterocycles.